The second kappa shape index (κ2) is 5.15. The summed E-state index contributed by atoms with van der Waals surface area (Å²) in [5, 5.41) is 9.34. The minimum Gasteiger partial charge on any atom is -0.370 e. The number of hydrogen-bond acceptors (Lipinski definition) is 3. The average Bonchev–Trinajstić information content (AvgIpc) is 2.84. The zero-order valence-electron chi connectivity index (χ0n) is 10.8. The maximum atomic E-state index is 9.34. The molecule has 1 aromatic rings. The first kappa shape index (κ1) is 13.0. The molecule has 1 heterocycles. The van der Waals surface area contributed by atoms with Crippen molar-refractivity contribution >= 4 is 21.6 Å². The summed E-state index contributed by atoms with van der Waals surface area (Å²) in [4.78, 5) is 2.35. The van der Waals surface area contributed by atoms with Crippen LogP contribution in [0.25, 0.3) is 0 Å². The molecule has 3 unspecified atom stereocenters. The van der Waals surface area contributed by atoms with Crippen LogP contribution in [-0.2, 0) is 0 Å². The van der Waals surface area contributed by atoms with E-state index in [9.17, 15) is 5.26 Å². The van der Waals surface area contributed by atoms with Crippen LogP contribution in [0, 0.1) is 23.2 Å². The van der Waals surface area contributed by atoms with E-state index in [0.29, 0.717) is 17.9 Å². The summed E-state index contributed by atoms with van der Waals surface area (Å²) in [5.74, 6) is 1.30. The highest BCUT2D eigenvalue weighted by Crippen LogP contribution is 2.39. The number of nitrogens with two attached hydrogens (primary N) is 1. The zero-order chi connectivity index (χ0) is 13.4. The van der Waals surface area contributed by atoms with Gasteiger partial charge in [0, 0.05) is 23.6 Å². The Bertz CT molecular complexity index is 523. The summed E-state index contributed by atoms with van der Waals surface area (Å²) in [7, 11) is 0. The maximum absolute atomic E-state index is 9.34. The van der Waals surface area contributed by atoms with Gasteiger partial charge in [-0.25, -0.2) is 0 Å². The van der Waals surface area contributed by atoms with Crippen LogP contribution in [0.5, 0.6) is 0 Å². The minimum absolute atomic E-state index is 0.335. The first-order chi connectivity index (χ1) is 9.20. The summed E-state index contributed by atoms with van der Waals surface area (Å²) in [6, 6.07) is 8.63. The Balaban J connectivity index is 1.89. The molecule has 19 heavy (non-hydrogen) atoms. The van der Waals surface area contributed by atoms with Crippen LogP contribution in [0.1, 0.15) is 24.8 Å². The first-order valence-electron chi connectivity index (χ1n) is 6.90. The molecule has 0 spiro atoms. The summed E-state index contributed by atoms with van der Waals surface area (Å²) < 4.78 is 0.881. The molecule has 100 valence electrons. The smallest absolute Gasteiger partial charge is 0.103 e. The van der Waals surface area contributed by atoms with Gasteiger partial charge in [-0.2, -0.15) is 5.26 Å². The van der Waals surface area contributed by atoms with E-state index in [1.165, 1.54) is 12.8 Å². The van der Waals surface area contributed by atoms with E-state index in [2.05, 4.69) is 26.9 Å². The lowest BCUT2D eigenvalue weighted by Gasteiger charge is -2.29. The largest absolute Gasteiger partial charge is 0.370 e. The minimum atomic E-state index is 0.335. The molecule has 1 saturated heterocycles. The van der Waals surface area contributed by atoms with E-state index in [4.69, 9.17) is 5.73 Å². The lowest BCUT2D eigenvalue weighted by Crippen LogP contribution is -2.38. The Morgan fingerprint density at radius 3 is 2.89 bits per heavy atom. The fraction of sp³-hybridized carbons (Fsp3) is 0.533. The number of nitriles is 1. The molecular weight excluding hydrogens is 302 g/mol. The highest BCUT2D eigenvalue weighted by atomic mass is 79.9. The highest BCUT2D eigenvalue weighted by Gasteiger charge is 2.39. The first-order valence-corrected chi connectivity index (χ1v) is 7.69. The van der Waals surface area contributed by atoms with Gasteiger partial charge in [-0.3, -0.25) is 0 Å². The number of rotatable bonds is 1. The van der Waals surface area contributed by atoms with Crippen LogP contribution < -0.4 is 10.6 Å². The molecule has 0 bridgehead atoms. The molecule has 4 heteroatoms. The molecule has 2 aliphatic rings. The van der Waals surface area contributed by atoms with Crippen LogP contribution in [0.2, 0.25) is 0 Å². The van der Waals surface area contributed by atoms with Gasteiger partial charge in [-0.1, -0.05) is 12.5 Å². The van der Waals surface area contributed by atoms with Crippen LogP contribution in [0.4, 0.5) is 5.69 Å². The lowest BCUT2D eigenvalue weighted by atomic mass is 9.78. The third-order valence-corrected chi connectivity index (χ3v) is 5.26. The molecule has 0 amide bonds. The van der Waals surface area contributed by atoms with E-state index < -0.39 is 0 Å². The van der Waals surface area contributed by atoms with Crippen molar-refractivity contribution in [3.8, 4) is 6.07 Å². The molecule has 1 aromatic carbocycles. The SMILES string of the molecule is N#Cc1c(Br)cccc1N1CC2CCCC(N)C2C1. The van der Waals surface area contributed by atoms with Gasteiger partial charge >= 0.3 is 0 Å². The summed E-state index contributed by atoms with van der Waals surface area (Å²) in [6.45, 7) is 2.04. The molecular formula is C15H18BrN3. The van der Waals surface area contributed by atoms with Crippen LogP contribution in [0.15, 0.2) is 22.7 Å². The Hall–Kier alpha value is -1.05. The summed E-state index contributed by atoms with van der Waals surface area (Å²) >= 11 is 3.47. The van der Waals surface area contributed by atoms with Gasteiger partial charge in [-0.05, 0) is 52.7 Å². The van der Waals surface area contributed by atoms with E-state index in [1.54, 1.807) is 0 Å². The normalized spacial score (nSPS) is 29.9. The fourth-order valence-corrected chi connectivity index (χ4v) is 4.04. The van der Waals surface area contributed by atoms with Gasteiger partial charge < -0.3 is 10.6 Å². The number of halogens is 1. The Labute approximate surface area is 122 Å². The second-order valence-corrected chi connectivity index (χ2v) is 6.52. The number of anilines is 1. The zero-order valence-corrected chi connectivity index (χ0v) is 12.4. The predicted molar refractivity (Wildman–Crippen MR) is 79.9 cm³/mol. The molecule has 0 radical (unpaired) electrons. The molecule has 3 atom stereocenters. The van der Waals surface area contributed by atoms with Gasteiger partial charge in [0.25, 0.3) is 0 Å². The third-order valence-electron chi connectivity index (χ3n) is 4.60. The summed E-state index contributed by atoms with van der Waals surface area (Å²) in [6.07, 6.45) is 3.68. The topological polar surface area (TPSA) is 53.0 Å². The second-order valence-electron chi connectivity index (χ2n) is 5.67. The van der Waals surface area contributed by atoms with Gasteiger partial charge in [0.15, 0.2) is 0 Å². The predicted octanol–water partition coefficient (Wildman–Crippen LogP) is 2.88. The van der Waals surface area contributed by atoms with Gasteiger partial charge in [-0.15, -0.1) is 0 Å². The molecule has 1 saturated carbocycles. The Kier molecular flexibility index (Phi) is 3.51. The Morgan fingerprint density at radius 2 is 2.16 bits per heavy atom. The van der Waals surface area contributed by atoms with Crippen molar-refractivity contribution in [3.63, 3.8) is 0 Å². The van der Waals surface area contributed by atoms with E-state index >= 15 is 0 Å². The molecule has 2 N–H and O–H groups in total. The van der Waals surface area contributed by atoms with Gasteiger partial charge in [0.1, 0.15) is 6.07 Å². The monoisotopic (exact) mass is 319 g/mol. The molecule has 2 fully saturated rings. The van der Waals surface area contributed by atoms with Crippen molar-refractivity contribution < 1.29 is 0 Å². The molecule has 1 aliphatic carbocycles. The van der Waals surface area contributed by atoms with Crippen LogP contribution >= 0.6 is 15.9 Å². The van der Waals surface area contributed by atoms with Crippen LogP contribution in [0.3, 0.4) is 0 Å². The van der Waals surface area contributed by atoms with Gasteiger partial charge in [0.05, 0.1) is 11.3 Å². The van der Waals surface area contributed by atoms with Crippen molar-refractivity contribution in [2.45, 2.75) is 25.3 Å². The number of hydrogen-bond donors (Lipinski definition) is 1. The molecule has 3 rings (SSSR count). The fourth-order valence-electron chi connectivity index (χ4n) is 3.60. The number of nitrogens with zero attached hydrogens (tertiary/aromatic N) is 2. The third kappa shape index (κ3) is 2.26. The highest BCUT2D eigenvalue weighted by molar-refractivity contribution is 9.10. The number of fused-ring (bicyclic) bond motifs is 1. The van der Waals surface area contributed by atoms with Crippen LogP contribution in [-0.4, -0.2) is 19.1 Å². The van der Waals surface area contributed by atoms with Gasteiger partial charge in [0.2, 0.25) is 0 Å². The summed E-state index contributed by atoms with van der Waals surface area (Å²) in [5.41, 5.74) is 8.06. The number of benzene rings is 1. The van der Waals surface area contributed by atoms with Crippen molar-refractivity contribution in [1.29, 1.82) is 5.26 Å². The maximum Gasteiger partial charge on any atom is 0.103 e. The van der Waals surface area contributed by atoms with E-state index in [0.717, 1.165) is 35.2 Å². The average molecular weight is 320 g/mol. The van der Waals surface area contributed by atoms with Crippen molar-refractivity contribution in [2.75, 3.05) is 18.0 Å². The van der Waals surface area contributed by atoms with E-state index in [-0.39, 0.29) is 0 Å². The van der Waals surface area contributed by atoms with Crippen molar-refractivity contribution in [1.82, 2.24) is 0 Å². The van der Waals surface area contributed by atoms with Crippen molar-refractivity contribution in [2.24, 2.45) is 17.6 Å². The lowest BCUT2D eigenvalue weighted by molar-refractivity contribution is 0.260. The molecule has 0 aromatic heterocycles. The molecule has 3 nitrogen and oxygen atoms in total. The van der Waals surface area contributed by atoms with Crippen molar-refractivity contribution in [3.05, 3.63) is 28.2 Å². The van der Waals surface area contributed by atoms with E-state index in [1.807, 2.05) is 18.2 Å². The quantitative estimate of drug-likeness (QED) is 0.866. The Morgan fingerprint density at radius 1 is 1.32 bits per heavy atom. The standard InChI is InChI=1S/C15H18BrN3/c16-13-4-2-6-15(11(13)7-17)19-8-10-3-1-5-14(18)12(10)9-19/h2,4,6,10,12,14H,1,3,5,8-9,18H2. The molecule has 1 aliphatic heterocycles.